The third-order valence-corrected chi connectivity index (χ3v) is 5.03. The van der Waals surface area contributed by atoms with Gasteiger partial charge in [-0.15, -0.1) is 0 Å². The molecule has 0 radical (unpaired) electrons. The number of hydrogen-bond donors (Lipinski definition) is 4. The minimum absolute atomic E-state index is 0.281. The number of unbranched alkanes of at least 4 members (excludes halogenated alkanes) is 11. The standard InChI is InChI=1S/C23H44O6/c1-2-3-4-5-6-7-8-9-10-11-12-13-14-15-16-17-22(27)29-19-21(26)23(28)20(25)18-24/h9-10,20-21,23-26,28H,2-8,11-19H2,1H3/t20-,21-,23-/m1/s1. The van der Waals surface area contributed by atoms with Crippen molar-refractivity contribution in [3.8, 4) is 0 Å². The normalized spacial score (nSPS) is 14.8. The van der Waals surface area contributed by atoms with E-state index in [1.165, 1.54) is 51.4 Å². The fraction of sp³-hybridized carbons (Fsp3) is 0.870. The first-order chi connectivity index (χ1) is 14.0. The van der Waals surface area contributed by atoms with Crippen LogP contribution < -0.4 is 0 Å². The van der Waals surface area contributed by atoms with Crippen molar-refractivity contribution in [3.05, 3.63) is 12.2 Å². The molecule has 6 nitrogen and oxygen atoms in total. The van der Waals surface area contributed by atoms with E-state index in [1.54, 1.807) is 0 Å². The van der Waals surface area contributed by atoms with E-state index in [9.17, 15) is 20.1 Å². The van der Waals surface area contributed by atoms with Crippen LogP contribution in [0.1, 0.15) is 96.8 Å². The lowest BCUT2D eigenvalue weighted by atomic mass is 10.1. The summed E-state index contributed by atoms with van der Waals surface area (Å²) in [6.45, 7) is 1.19. The van der Waals surface area contributed by atoms with Crippen molar-refractivity contribution < 1.29 is 30.0 Å². The molecule has 0 aliphatic rings. The first kappa shape index (κ1) is 28.1. The number of hydrogen-bond acceptors (Lipinski definition) is 6. The van der Waals surface area contributed by atoms with Crippen molar-refractivity contribution in [2.75, 3.05) is 13.2 Å². The Hall–Kier alpha value is -0.950. The minimum Gasteiger partial charge on any atom is -0.463 e. The number of rotatable bonds is 20. The zero-order valence-electron chi connectivity index (χ0n) is 18.3. The maximum Gasteiger partial charge on any atom is 0.305 e. The molecule has 0 aliphatic carbocycles. The molecule has 0 amide bonds. The fourth-order valence-corrected chi connectivity index (χ4v) is 3.05. The Morgan fingerprint density at radius 3 is 1.86 bits per heavy atom. The number of allylic oxidation sites excluding steroid dienone is 2. The van der Waals surface area contributed by atoms with Gasteiger partial charge in [0.05, 0.1) is 6.61 Å². The lowest BCUT2D eigenvalue weighted by Gasteiger charge is -2.21. The van der Waals surface area contributed by atoms with Crippen molar-refractivity contribution in [1.29, 1.82) is 0 Å². The third-order valence-electron chi connectivity index (χ3n) is 5.03. The molecule has 29 heavy (non-hydrogen) atoms. The summed E-state index contributed by atoms with van der Waals surface area (Å²) in [5.41, 5.74) is 0. The van der Waals surface area contributed by atoms with Gasteiger partial charge in [0.25, 0.3) is 0 Å². The van der Waals surface area contributed by atoms with Crippen LogP contribution in [0.4, 0.5) is 0 Å². The van der Waals surface area contributed by atoms with Gasteiger partial charge in [0.1, 0.15) is 24.9 Å². The van der Waals surface area contributed by atoms with Crippen molar-refractivity contribution in [3.63, 3.8) is 0 Å². The SMILES string of the molecule is CCCCCCCCC=CCCCCCCCC(=O)OC[C@@H](O)[C@H](O)[C@H](O)CO. The topological polar surface area (TPSA) is 107 Å². The average Bonchev–Trinajstić information content (AvgIpc) is 2.73. The second-order valence-corrected chi connectivity index (χ2v) is 7.83. The van der Waals surface area contributed by atoms with E-state index in [2.05, 4.69) is 19.1 Å². The van der Waals surface area contributed by atoms with Gasteiger partial charge in [0.2, 0.25) is 0 Å². The molecular formula is C23H44O6. The van der Waals surface area contributed by atoms with Gasteiger partial charge in [0.15, 0.2) is 0 Å². The van der Waals surface area contributed by atoms with Crippen molar-refractivity contribution in [2.24, 2.45) is 0 Å². The molecule has 0 saturated carbocycles. The molecule has 172 valence electrons. The first-order valence-corrected chi connectivity index (χ1v) is 11.5. The number of aliphatic hydroxyl groups is 4. The van der Waals surface area contributed by atoms with Crippen LogP contribution in [0.3, 0.4) is 0 Å². The minimum atomic E-state index is -1.53. The molecule has 0 aromatic carbocycles. The number of aliphatic hydroxyl groups excluding tert-OH is 4. The first-order valence-electron chi connectivity index (χ1n) is 11.5. The maximum absolute atomic E-state index is 11.6. The van der Waals surface area contributed by atoms with Gasteiger partial charge in [-0.05, 0) is 32.1 Å². The van der Waals surface area contributed by atoms with Crippen LogP contribution in [-0.2, 0) is 9.53 Å². The molecule has 0 aromatic rings. The summed E-state index contributed by atoms with van der Waals surface area (Å²) < 4.78 is 4.89. The van der Waals surface area contributed by atoms with Gasteiger partial charge in [-0.2, -0.15) is 0 Å². The van der Waals surface area contributed by atoms with Crippen molar-refractivity contribution in [1.82, 2.24) is 0 Å². The Bertz CT molecular complexity index is 399. The molecule has 0 fully saturated rings. The highest BCUT2D eigenvalue weighted by Crippen LogP contribution is 2.10. The Morgan fingerprint density at radius 2 is 1.31 bits per heavy atom. The Kier molecular flexibility index (Phi) is 19.7. The van der Waals surface area contributed by atoms with Crippen LogP contribution in [-0.4, -0.2) is 57.9 Å². The van der Waals surface area contributed by atoms with Crippen LogP contribution in [0.2, 0.25) is 0 Å². The summed E-state index contributed by atoms with van der Waals surface area (Å²) in [6, 6.07) is 0. The van der Waals surface area contributed by atoms with Crippen LogP contribution in [0, 0.1) is 0 Å². The average molecular weight is 417 g/mol. The van der Waals surface area contributed by atoms with E-state index in [-0.39, 0.29) is 13.0 Å². The largest absolute Gasteiger partial charge is 0.463 e. The highest BCUT2D eigenvalue weighted by molar-refractivity contribution is 5.69. The molecule has 0 aromatic heterocycles. The molecule has 0 aliphatic heterocycles. The van der Waals surface area contributed by atoms with E-state index in [0.717, 1.165) is 32.1 Å². The quantitative estimate of drug-likeness (QED) is 0.137. The Balaban J connectivity index is 3.43. The van der Waals surface area contributed by atoms with E-state index in [4.69, 9.17) is 9.84 Å². The molecule has 0 heterocycles. The highest BCUT2D eigenvalue weighted by Gasteiger charge is 2.25. The van der Waals surface area contributed by atoms with Crippen LogP contribution in [0.5, 0.6) is 0 Å². The molecule has 0 spiro atoms. The van der Waals surface area contributed by atoms with Gasteiger partial charge in [-0.1, -0.05) is 70.4 Å². The highest BCUT2D eigenvalue weighted by atomic mass is 16.5. The number of carbonyl (C=O) groups is 1. The van der Waals surface area contributed by atoms with Gasteiger partial charge >= 0.3 is 5.97 Å². The fourth-order valence-electron chi connectivity index (χ4n) is 3.05. The smallest absolute Gasteiger partial charge is 0.305 e. The zero-order valence-corrected chi connectivity index (χ0v) is 18.3. The monoisotopic (exact) mass is 416 g/mol. The number of ether oxygens (including phenoxy) is 1. The lowest BCUT2D eigenvalue weighted by molar-refractivity contribution is -0.152. The maximum atomic E-state index is 11.6. The van der Waals surface area contributed by atoms with E-state index in [1.807, 2.05) is 0 Å². The molecule has 0 saturated heterocycles. The zero-order chi connectivity index (χ0) is 21.7. The van der Waals surface area contributed by atoms with Gasteiger partial charge in [0, 0.05) is 6.42 Å². The van der Waals surface area contributed by atoms with Crippen LogP contribution in [0.15, 0.2) is 12.2 Å². The Morgan fingerprint density at radius 1 is 0.793 bits per heavy atom. The second kappa shape index (κ2) is 20.3. The third kappa shape index (κ3) is 17.6. The summed E-state index contributed by atoms with van der Waals surface area (Å²) in [4.78, 5) is 11.6. The summed E-state index contributed by atoms with van der Waals surface area (Å²) in [7, 11) is 0. The van der Waals surface area contributed by atoms with Gasteiger partial charge < -0.3 is 25.2 Å². The predicted molar refractivity (Wildman–Crippen MR) is 116 cm³/mol. The molecule has 3 atom stereocenters. The molecule has 0 bridgehead atoms. The summed E-state index contributed by atoms with van der Waals surface area (Å²) in [6.07, 6.45) is 16.0. The Labute approximate surface area is 177 Å². The summed E-state index contributed by atoms with van der Waals surface area (Å²) in [5, 5.41) is 36.9. The van der Waals surface area contributed by atoms with Crippen molar-refractivity contribution in [2.45, 2.75) is 115 Å². The second-order valence-electron chi connectivity index (χ2n) is 7.83. The molecule has 4 N–H and O–H groups in total. The molecular weight excluding hydrogens is 372 g/mol. The number of carbonyl (C=O) groups excluding carboxylic acids is 1. The molecule has 0 rings (SSSR count). The molecule has 6 heteroatoms. The van der Waals surface area contributed by atoms with E-state index < -0.39 is 30.9 Å². The van der Waals surface area contributed by atoms with Gasteiger partial charge in [-0.25, -0.2) is 0 Å². The number of esters is 1. The predicted octanol–water partition coefficient (Wildman–Crippen LogP) is 3.64. The molecule has 0 unspecified atom stereocenters. The lowest BCUT2D eigenvalue weighted by Crippen LogP contribution is -2.42. The summed E-state index contributed by atoms with van der Waals surface area (Å²) >= 11 is 0. The van der Waals surface area contributed by atoms with E-state index >= 15 is 0 Å². The van der Waals surface area contributed by atoms with Crippen LogP contribution >= 0.6 is 0 Å². The van der Waals surface area contributed by atoms with Gasteiger partial charge in [-0.3, -0.25) is 4.79 Å². The van der Waals surface area contributed by atoms with Crippen molar-refractivity contribution >= 4 is 5.97 Å². The summed E-state index contributed by atoms with van der Waals surface area (Å²) in [5.74, 6) is -0.424. The van der Waals surface area contributed by atoms with E-state index in [0.29, 0.717) is 0 Å². The van der Waals surface area contributed by atoms with Crippen LogP contribution in [0.25, 0.3) is 0 Å².